The van der Waals surface area contributed by atoms with Crippen molar-refractivity contribution < 1.29 is 4.42 Å². The van der Waals surface area contributed by atoms with E-state index < -0.39 is 0 Å². The predicted octanol–water partition coefficient (Wildman–Crippen LogP) is 1.76. The summed E-state index contributed by atoms with van der Waals surface area (Å²) in [7, 11) is 1.89. The summed E-state index contributed by atoms with van der Waals surface area (Å²) in [5.74, 6) is 1.79. The van der Waals surface area contributed by atoms with Gasteiger partial charge in [0, 0.05) is 30.9 Å². The summed E-state index contributed by atoms with van der Waals surface area (Å²) in [6.07, 6.45) is 1.94. The van der Waals surface area contributed by atoms with Gasteiger partial charge in [-0.05, 0) is 19.9 Å². The van der Waals surface area contributed by atoms with Crippen LogP contribution in [0.1, 0.15) is 17.1 Å². The van der Waals surface area contributed by atoms with E-state index in [4.69, 9.17) is 10.2 Å². The van der Waals surface area contributed by atoms with Gasteiger partial charge in [-0.1, -0.05) is 0 Å². The Hall–Kier alpha value is -1.55. The van der Waals surface area contributed by atoms with Crippen molar-refractivity contribution in [1.29, 1.82) is 0 Å². The lowest BCUT2D eigenvalue weighted by molar-refractivity contribution is 0.505. The molecule has 0 saturated carbocycles. The Bertz CT molecular complexity index is 482. The van der Waals surface area contributed by atoms with E-state index in [-0.39, 0.29) is 0 Å². The van der Waals surface area contributed by atoms with E-state index in [0.29, 0.717) is 6.54 Å². The minimum atomic E-state index is 0.493. The minimum Gasteiger partial charge on any atom is -0.466 e. The van der Waals surface area contributed by atoms with Gasteiger partial charge in [0.2, 0.25) is 0 Å². The Balaban J connectivity index is 2.57. The molecule has 0 unspecified atom stereocenters. The molecule has 2 heterocycles. The Morgan fingerprint density at radius 3 is 2.73 bits per heavy atom. The first-order valence-corrected chi connectivity index (χ1v) is 4.92. The number of aromatic nitrogens is 2. The van der Waals surface area contributed by atoms with Gasteiger partial charge >= 0.3 is 0 Å². The molecule has 2 N–H and O–H groups in total. The van der Waals surface area contributed by atoms with Gasteiger partial charge in [0.1, 0.15) is 17.2 Å². The molecule has 2 aromatic heterocycles. The third-order valence-electron chi connectivity index (χ3n) is 2.42. The van der Waals surface area contributed by atoms with Crippen LogP contribution in [0, 0.1) is 13.8 Å². The molecule has 0 radical (unpaired) electrons. The molecule has 15 heavy (non-hydrogen) atoms. The predicted molar refractivity (Wildman–Crippen MR) is 58.3 cm³/mol. The van der Waals surface area contributed by atoms with Crippen molar-refractivity contribution in [2.75, 3.05) is 0 Å². The van der Waals surface area contributed by atoms with Crippen molar-refractivity contribution in [3.05, 3.63) is 29.3 Å². The Labute approximate surface area is 88.7 Å². The van der Waals surface area contributed by atoms with Crippen LogP contribution in [0.5, 0.6) is 0 Å². The van der Waals surface area contributed by atoms with Crippen molar-refractivity contribution in [3.63, 3.8) is 0 Å². The Morgan fingerprint density at radius 2 is 2.20 bits per heavy atom. The van der Waals surface area contributed by atoms with Crippen LogP contribution in [0.4, 0.5) is 0 Å². The van der Waals surface area contributed by atoms with E-state index in [1.165, 1.54) is 0 Å². The standard InChI is InChI=1S/C11H15N3O/c1-7-4-10(8(2)15-7)11-9(5-12)6-14(3)13-11/h4,6H,5,12H2,1-3H3. The topological polar surface area (TPSA) is 57.0 Å². The van der Waals surface area contributed by atoms with Gasteiger partial charge in [0.15, 0.2) is 0 Å². The number of furan rings is 1. The van der Waals surface area contributed by atoms with Gasteiger partial charge in [-0.15, -0.1) is 0 Å². The van der Waals surface area contributed by atoms with Gasteiger partial charge in [0.05, 0.1) is 0 Å². The molecule has 80 valence electrons. The first-order valence-electron chi connectivity index (χ1n) is 4.92. The molecule has 4 heteroatoms. The van der Waals surface area contributed by atoms with Gasteiger partial charge in [-0.25, -0.2) is 0 Å². The molecule has 0 bridgehead atoms. The molecule has 0 saturated heterocycles. The maximum atomic E-state index is 5.67. The van der Waals surface area contributed by atoms with Gasteiger partial charge in [-0.2, -0.15) is 5.10 Å². The largest absolute Gasteiger partial charge is 0.466 e. The third kappa shape index (κ3) is 1.68. The van der Waals surface area contributed by atoms with Crippen molar-refractivity contribution in [1.82, 2.24) is 9.78 Å². The highest BCUT2D eigenvalue weighted by atomic mass is 16.3. The number of hydrogen-bond donors (Lipinski definition) is 1. The molecule has 2 aromatic rings. The van der Waals surface area contributed by atoms with E-state index in [1.54, 1.807) is 4.68 Å². The van der Waals surface area contributed by atoms with Crippen LogP contribution in [-0.4, -0.2) is 9.78 Å². The highest BCUT2D eigenvalue weighted by Crippen LogP contribution is 2.27. The van der Waals surface area contributed by atoms with Crippen LogP contribution in [0.25, 0.3) is 11.3 Å². The lowest BCUT2D eigenvalue weighted by Crippen LogP contribution is -1.96. The molecule has 0 aromatic carbocycles. The summed E-state index contributed by atoms with van der Waals surface area (Å²) in [6.45, 7) is 4.37. The molecular formula is C11H15N3O. The molecule has 4 nitrogen and oxygen atoms in total. The quantitative estimate of drug-likeness (QED) is 0.812. The highest BCUT2D eigenvalue weighted by molar-refractivity contribution is 5.65. The second kappa shape index (κ2) is 3.55. The van der Waals surface area contributed by atoms with Gasteiger partial charge in [0.25, 0.3) is 0 Å². The van der Waals surface area contributed by atoms with E-state index in [0.717, 1.165) is 28.3 Å². The summed E-state index contributed by atoms with van der Waals surface area (Å²) in [5.41, 5.74) is 8.68. The van der Waals surface area contributed by atoms with E-state index in [1.807, 2.05) is 33.2 Å². The maximum Gasteiger partial charge on any atom is 0.110 e. The van der Waals surface area contributed by atoms with Crippen molar-refractivity contribution in [3.8, 4) is 11.3 Å². The molecule has 0 amide bonds. The van der Waals surface area contributed by atoms with E-state index >= 15 is 0 Å². The Morgan fingerprint density at radius 1 is 1.47 bits per heavy atom. The fourth-order valence-corrected chi connectivity index (χ4v) is 1.78. The van der Waals surface area contributed by atoms with Gasteiger partial charge in [-0.3, -0.25) is 4.68 Å². The van der Waals surface area contributed by atoms with Gasteiger partial charge < -0.3 is 10.2 Å². The molecule has 0 aliphatic rings. The smallest absolute Gasteiger partial charge is 0.110 e. The fourth-order valence-electron chi connectivity index (χ4n) is 1.78. The molecule has 0 spiro atoms. The summed E-state index contributed by atoms with van der Waals surface area (Å²) < 4.78 is 7.26. The summed E-state index contributed by atoms with van der Waals surface area (Å²) in [6, 6.07) is 2.00. The van der Waals surface area contributed by atoms with E-state index in [9.17, 15) is 0 Å². The third-order valence-corrected chi connectivity index (χ3v) is 2.42. The lowest BCUT2D eigenvalue weighted by Gasteiger charge is -1.96. The van der Waals surface area contributed by atoms with Crippen molar-refractivity contribution in [2.45, 2.75) is 20.4 Å². The first kappa shape index (κ1) is 9.98. The average Bonchev–Trinajstić information content (AvgIpc) is 2.69. The van der Waals surface area contributed by atoms with Crippen LogP contribution in [-0.2, 0) is 13.6 Å². The average molecular weight is 205 g/mol. The maximum absolute atomic E-state index is 5.67. The minimum absolute atomic E-state index is 0.493. The molecule has 0 aliphatic carbocycles. The molecule has 0 atom stereocenters. The number of rotatable bonds is 2. The summed E-state index contributed by atoms with van der Waals surface area (Å²) in [5, 5.41) is 4.40. The molecular weight excluding hydrogens is 190 g/mol. The van der Waals surface area contributed by atoms with Crippen molar-refractivity contribution in [2.24, 2.45) is 12.8 Å². The second-order valence-corrected chi connectivity index (χ2v) is 3.71. The van der Waals surface area contributed by atoms with Crippen LogP contribution in [0.2, 0.25) is 0 Å². The van der Waals surface area contributed by atoms with Crippen molar-refractivity contribution >= 4 is 0 Å². The molecule has 0 fully saturated rings. The fraction of sp³-hybridized carbons (Fsp3) is 0.364. The number of nitrogens with zero attached hydrogens (tertiary/aromatic N) is 2. The zero-order chi connectivity index (χ0) is 11.0. The molecule has 0 aliphatic heterocycles. The first-order chi connectivity index (χ1) is 7.11. The molecule has 2 rings (SSSR count). The van der Waals surface area contributed by atoms with Crippen LogP contribution >= 0.6 is 0 Å². The normalized spacial score (nSPS) is 10.9. The summed E-state index contributed by atoms with van der Waals surface area (Å²) in [4.78, 5) is 0. The van der Waals surface area contributed by atoms with E-state index in [2.05, 4.69) is 5.10 Å². The monoisotopic (exact) mass is 205 g/mol. The SMILES string of the molecule is Cc1cc(-c2nn(C)cc2CN)c(C)o1. The van der Waals surface area contributed by atoms with Crippen LogP contribution < -0.4 is 5.73 Å². The summed E-state index contributed by atoms with van der Waals surface area (Å²) >= 11 is 0. The Kier molecular flexibility index (Phi) is 2.36. The number of hydrogen-bond acceptors (Lipinski definition) is 3. The number of nitrogens with two attached hydrogens (primary N) is 1. The highest BCUT2D eigenvalue weighted by Gasteiger charge is 2.14. The van der Waals surface area contributed by atoms with Crippen LogP contribution in [0.3, 0.4) is 0 Å². The zero-order valence-electron chi connectivity index (χ0n) is 9.24. The zero-order valence-corrected chi connectivity index (χ0v) is 9.24. The number of aryl methyl sites for hydroxylation is 3. The second-order valence-electron chi connectivity index (χ2n) is 3.71. The lowest BCUT2D eigenvalue weighted by atomic mass is 10.1. The van der Waals surface area contributed by atoms with Crippen LogP contribution in [0.15, 0.2) is 16.7 Å².